The molecule has 0 saturated carbocycles. The Balaban J connectivity index is 0. The SMILES string of the molecule is CS(=O)(=O)O.CS(=O)(=O)OCCNCCOS(C)(=O)=O. The number of rotatable bonds is 8. The molecule has 0 rings (SSSR count). The molecule has 0 radical (unpaired) electrons. The molecule has 0 fully saturated rings. The second-order valence-electron chi connectivity index (χ2n) is 3.54. The molecule has 2 N–H and O–H groups in total. The fourth-order valence-electron chi connectivity index (χ4n) is 0.655. The van der Waals surface area contributed by atoms with Gasteiger partial charge in [-0.25, -0.2) is 0 Å². The smallest absolute Gasteiger partial charge is 0.264 e. The van der Waals surface area contributed by atoms with E-state index in [1.54, 1.807) is 0 Å². The molecule has 0 aromatic carbocycles. The van der Waals surface area contributed by atoms with Gasteiger partial charge < -0.3 is 5.32 Å². The second kappa shape index (κ2) is 9.59. The average Bonchev–Trinajstić information content (AvgIpc) is 2.09. The number of hydrogen-bond donors (Lipinski definition) is 2. The minimum absolute atomic E-state index is 0.0116. The van der Waals surface area contributed by atoms with Crippen molar-refractivity contribution in [2.45, 2.75) is 0 Å². The van der Waals surface area contributed by atoms with Crippen LogP contribution in [0.15, 0.2) is 0 Å². The summed E-state index contributed by atoms with van der Waals surface area (Å²) in [6.45, 7) is 0.635. The summed E-state index contributed by atoms with van der Waals surface area (Å²) in [6.07, 6.45) is 2.63. The maximum atomic E-state index is 10.5. The Morgan fingerprint density at radius 1 is 0.800 bits per heavy atom. The molecule has 0 aliphatic heterocycles. The Kier molecular flexibility index (Phi) is 10.5. The third-order valence-electron chi connectivity index (χ3n) is 1.15. The van der Waals surface area contributed by atoms with E-state index in [1.807, 2.05) is 0 Å². The van der Waals surface area contributed by atoms with Crippen molar-refractivity contribution in [2.75, 3.05) is 45.1 Å². The van der Waals surface area contributed by atoms with Gasteiger partial charge in [0.15, 0.2) is 0 Å². The molecule has 124 valence electrons. The molecule has 0 bridgehead atoms. The maximum Gasteiger partial charge on any atom is 0.264 e. The highest BCUT2D eigenvalue weighted by atomic mass is 32.2. The highest BCUT2D eigenvalue weighted by Gasteiger charge is 2.01. The molecule has 0 aromatic heterocycles. The predicted molar refractivity (Wildman–Crippen MR) is 71.9 cm³/mol. The summed E-state index contributed by atoms with van der Waals surface area (Å²) >= 11 is 0. The van der Waals surface area contributed by atoms with Crippen LogP contribution in [0, 0.1) is 0 Å². The van der Waals surface area contributed by atoms with Crippen LogP contribution in [0.4, 0.5) is 0 Å². The Morgan fingerprint density at radius 3 is 1.25 bits per heavy atom. The van der Waals surface area contributed by atoms with E-state index in [1.165, 1.54) is 0 Å². The normalized spacial score (nSPS) is 12.6. The fraction of sp³-hybridized carbons (Fsp3) is 1.00. The van der Waals surface area contributed by atoms with Gasteiger partial charge in [0.25, 0.3) is 30.4 Å². The summed E-state index contributed by atoms with van der Waals surface area (Å²) < 4.78 is 76.7. The maximum absolute atomic E-state index is 10.5. The van der Waals surface area contributed by atoms with Crippen molar-refractivity contribution in [3.63, 3.8) is 0 Å². The van der Waals surface area contributed by atoms with Crippen molar-refractivity contribution in [1.82, 2.24) is 5.32 Å². The first-order valence-electron chi connectivity index (χ1n) is 5.03. The minimum atomic E-state index is -3.67. The van der Waals surface area contributed by atoms with Gasteiger partial charge in [0.1, 0.15) is 0 Å². The van der Waals surface area contributed by atoms with Crippen molar-refractivity contribution < 1.29 is 38.2 Å². The lowest BCUT2D eigenvalue weighted by molar-refractivity contribution is 0.295. The van der Waals surface area contributed by atoms with Crippen LogP contribution in [0.2, 0.25) is 0 Å². The molecule has 0 amide bonds. The van der Waals surface area contributed by atoms with Crippen LogP contribution in [0.3, 0.4) is 0 Å². The third kappa shape index (κ3) is 36.1. The van der Waals surface area contributed by atoms with Gasteiger partial charge in [0.2, 0.25) is 0 Å². The molecule has 0 unspecified atom stereocenters. The van der Waals surface area contributed by atoms with Crippen LogP contribution in [0.5, 0.6) is 0 Å². The Morgan fingerprint density at radius 2 is 1.05 bits per heavy atom. The molecule has 10 nitrogen and oxygen atoms in total. The van der Waals surface area contributed by atoms with Gasteiger partial charge in [-0.2, -0.15) is 25.3 Å². The highest BCUT2D eigenvalue weighted by molar-refractivity contribution is 7.86. The summed E-state index contributed by atoms with van der Waals surface area (Å²) in [7, 11) is -10.5. The first kappa shape index (κ1) is 22.0. The molecule has 0 heterocycles. The van der Waals surface area contributed by atoms with Crippen LogP contribution in [0.25, 0.3) is 0 Å². The van der Waals surface area contributed by atoms with Gasteiger partial charge in [0.05, 0.1) is 32.0 Å². The summed E-state index contributed by atoms with van der Waals surface area (Å²) in [6, 6.07) is 0. The zero-order valence-electron chi connectivity index (χ0n) is 11.3. The lowest BCUT2D eigenvalue weighted by atomic mass is 10.6. The van der Waals surface area contributed by atoms with Crippen molar-refractivity contribution in [3.05, 3.63) is 0 Å². The van der Waals surface area contributed by atoms with Crippen LogP contribution in [-0.2, 0) is 38.7 Å². The van der Waals surface area contributed by atoms with E-state index >= 15 is 0 Å². The van der Waals surface area contributed by atoms with Crippen LogP contribution in [0.1, 0.15) is 0 Å². The quantitative estimate of drug-likeness (QED) is 0.284. The lowest BCUT2D eigenvalue weighted by Gasteiger charge is -2.04. The van der Waals surface area contributed by atoms with E-state index in [0.29, 0.717) is 19.3 Å². The van der Waals surface area contributed by atoms with E-state index < -0.39 is 30.4 Å². The van der Waals surface area contributed by atoms with Gasteiger partial charge >= 0.3 is 0 Å². The monoisotopic (exact) mass is 357 g/mol. The van der Waals surface area contributed by atoms with Gasteiger partial charge in [-0.05, 0) is 0 Å². The molecular weight excluding hydrogens is 338 g/mol. The standard InChI is InChI=1S/C6H15NO6S2.CH4O3S/c1-14(8,9)12-5-3-7-4-6-13-15(2,10)11;1-5(2,3)4/h7H,3-6H2,1-2H3;1H3,(H,2,3,4). The Hall–Kier alpha value is -0.310. The zero-order valence-corrected chi connectivity index (χ0v) is 13.7. The van der Waals surface area contributed by atoms with Crippen LogP contribution >= 0.6 is 0 Å². The Bertz CT molecular complexity index is 504. The van der Waals surface area contributed by atoms with Crippen molar-refractivity contribution >= 4 is 30.4 Å². The van der Waals surface area contributed by atoms with E-state index in [-0.39, 0.29) is 13.2 Å². The van der Waals surface area contributed by atoms with Gasteiger partial charge in [0, 0.05) is 13.1 Å². The molecule has 0 aliphatic rings. The summed E-state index contributed by atoms with van der Waals surface area (Å²) in [4.78, 5) is 0. The van der Waals surface area contributed by atoms with E-state index in [4.69, 9.17) is 4.55 Å². The van der Waals surface area contributed by atoms with Gasteiger partial charge in [-0.1, -0.05) is 0 Å². The topological polar surface area (TPSA) is 153 Å². The van der Waals surface area contributed by atoms with Gasteiger partial charge in [-0.15, -0.1) is 0 Å². The highest BCUT2D eigenvalue weighted by Crippen LogP contribution is 1.85. The molecule has 0 aliphatic carbocycles. The fourth-order valence-corrected chi connectivity index (χ4v) is 1.43. The number of hydrogen-bond acceptors (Lipinski definition) is 9. The first-order chi connectivity index (χ1) is 8.71. The summed E-state index contributed by atoms with van der Waals surface area (Å²) in [5.74, 6) is 0. The molecule has 20 heavy (non-hydrogen) atoms. The van der Waals surface area contributed by atoms with Crippen molar-refractivity contribution in [2.24, 2.45) is 0 Å². The largest absolute Gasteiger partial charge is 0.312 e. The third-order valence-corrected chi connectivity index (χ3v) is 2.34. The second-order valence-corrected chi connectivity index (χ2v) is 8.29. The molecule has 0 atom stereocenters. The molecule has 13 heteroatoms. The molecular formula is C7H19NO9S3. The van der Waals surface area contributed by atoms with Crippen LogP contribution < -0.4 is 5.32 Å². The van der Waals surface area contributed by atoms with Gasteiger partial charge in [-0.3, -0.25) is 12.9 Å². The van der Waals surface area contributed by atoms with E-state index in [2.05, 4.69) is 13.7 Å². The van der Waals surface area contributed by atoms with E-state index in [9.17, 15) is 25.3 Å². The molecule has 0 spiro atoms. The van der Waals surface area contributed by atoms with E-state index in [0.717, 1.165) is 12.5 Å². The average molecular weight is 357 g/mol. The van der Waals surface area contributed by atoms with Crippen molar-refractivity contribution in [1.29, 1.82) is 0 Å². The first-order valence-corrected chi connectivity index (χ1v) is 10.5. The van der Waals surface area contributed by atoms with Crippen LogP contribution in [-0.4, -0.2) is 74.9 Å². The zero-order chi connectivity index (χ0) is 16.4. The minimum Gasteiger partial charge on any atom is -0.312 e. The summed E-state index contributed by atoms with van der Waals surface area (Å²) in [5.41, 5.74) is 0. The predicted octanol–water partition coefficient (Wildman–Crippen LogP) is -1.97. The molecule has 0 aromatic rings. The lowest BCUT2D eigenvalue weighted by Crippen LogP contribution is -2.25. The summed E-state index contributed by atoms with van der Waals surface area (Å²) in [5, 5.41) is 2.75. The van der Waals surface area contributed by atoms with Crippen molar-refractivity contribution in [3.8, 4) is 0 Å². The number of nitrogens with one attached hydrogen (secondary N) is 1. The molecule has 0 saturated heterocycles. The Labute approximate surface area is 119 Å².